The standard InChI is InChI=1S/C13H16N2O2/c14-8-12-9-15(6-7-17-12)10-13(16)11-4-2-1-3-5-11/h1-5,12-13,16H,6-7,9-10H2. The number of benzene rings is 1. The fourth-order valence-electron chi connectivity index (χ4n) is 1.97. The van der Waals surface area contributed by atoms with E-state index in [1.54, 1.807) is 0 Å². The minimum absolute atomic E-state index is 0.369. The van der Waals surface area contributed by atoms with Crippen LogP contribution in [0.3, 0.4) is 0 Å². The highest BCUT2D eigenvalue weighted by molar-refractivity contribution is 5.17. The second kappa shape index (κ2) is 5.78. The number of nitrogens with zero attached hydrogens (tertiary/aromatic N) is 2. The zero-order chi connectivity index (χ0) is 12.1. The summed E-state index contributed by atoms with van der Waals surface area (Å²) in [6, 6.07) is 11.7. The van der Waals surface area contributed by atoms with Gasteiger partial charge in [0.25, 0.3) is 0 Å². The van der Waals surface area contributed by atoms with Crippen LogP contribution in [0.4, 0.5) is 0 Å². The fraction of sp³-hybridized carbons (Fsp3) is 0.462. The zero-order valence-electron chi connectivity index (χ0n) is 9.62. The second-order valence-electron chi connectivity index (χ2n) is 4.17. The van der Waals surface area contributed by atoms with E-state index in [0.29, 0.717) is 19.7 Å². The molecule has 17 heavy (non-hydrogen) atoms. The van der Waals surface area contributed by atoms with Gasteiger partial charge in [0.15, 0.2) is 6.10 Å². The van der Waals surface area contributed by atoms with Gasteiger partial charge < -0.3 is 9.84 Å². The van der Waals surface area contributed by atoms with Gasteiger partial charge in [-0.1, -0.05) is 30.3 Å². The highest BCUT2D eigenvalue weighted by Gasteiger charge is 2.22. The summed E-state index contributed by atoms with van der Waals surface area (Å²) in [6.07, 6.45) is -0.875. The van der Waals surface area contributed by atoms with Crippen molar-refractivity contribution in [3.05, 3.63) is 35.9 Å². The lowest BCUT2D eigenvalue weighted by atomic mass is 10.1. The smallest absolute Gasteiger partial charge is 0.156 e. The summed E-state index contributed by atoms with van der Waals surface area (Å²) < 4.78 is 5.26. The minimum Gasteiger partial charge on any atom is -0.387 e. The molecule has 0 bridgehead atoms. The number of rotatable bonds is 3. The van der Waals surface area contributed by atoms with Gasteiger partial charge in [-0.25, -0.2) is 0 Å². The van der Waals surface area contributed by atoms with Gasteiger partial charge in [-0.3, -0.25) is 4.90 Å². The summed E-state index contributed by atoms with van der Waals surface area (Å²) in [5, 5.41) is 18.9. The van der Waals surface area contributed by atoms with Crippen LogP contribution < -0.4 is 0 Å². The number of ether oxygens (including phenoxy) is 1. The molecule has 2 atom stereocenters. The number of aliphatic hydroxyl groups is 1. The predicted molar refractivity (Wildman–Crippen MR) is 63.2 cm³/mol. The van der Waals surface area contributed by atoms with Crippen LogP contribution in [0, 0.1) is 11.3 Å². The minimum atomic E-state index is -0.506. The molecule has 1 saturated heterocycles. The Morgan fingerprint density at radius 3 is 2.94 bits per heavy atom. The maximum Gasteiger partial charge on any atom is 0.156 e. The number of hydrogen-bond donors (Lipinski definition) is 1. The maximum absolute atomic E-state index is 10.1. The van der Waals surface area contributed by atoms with Gasteiger partial charge in [-0.15, -0.1) is 0 Å². The average molecular weight is 232 g/mol. The highest BCUT2D eigenvalue weighted by Crippen LogP contribution is 2.15. The fourth-order valence-corrected chi connectivity index (χ4v) is 1.97. The van der Waals surface area contributed by atoms with E-state index in [2.05, 4.69) is 11.0 Å². The molecule has 0 aromatic heterocycles. The maximum atomic E-state index is 10.1. The lowest BCUT2D eigenvalue weighted by molar-refractivity contribution is -0.0159. The zero-order valence-corrected chi connectivity index (χ0v) is 9.62. The summed E-state index contributed by atoms with van der Waals surface area (Å²) in [7, 11) is 0. The molecule has 2 unspecified atom stereocenters. The molecule has 1 N–H and O–H groups in total. The largest absolute Gasteiger partial charge is 0.387 e. The van der Waals surface area contributed by atoms with E-state index < -0.39 is 6.10 Å². The van der Waals surface area contributed by atoms with Crippen molar-refractivity contribution in [2.75, 3.05) is 26.2 Å². The van der Waals surface area contributed by atoms with E-state index in [0.717, 1.165) is 12.1 Å². The van der Waals surface area contributed by atoms with E-state index >= 15 is 0 Å². The lowest BCUT2D eigenvalue weighted by Gasteiger charge is -2.31. The summed E-state index contributed by atoms with van der Waals surface area (Å²) in [5.74, 6) is 0. The molecule has 2 rings (SSSR count). The third kappa shape index (κ3) is 3.27. The molecular formula is C13H16N2O2. The number of hydrogen-bond acceptors (Lipinski definition) is 4. The number of nitriles is 1. The molecule has 0 aliphatic carbocycles. The first-order valence-corrected chi connectivity index (χ1v) is 5.76. The predicted octanol–water partition coefficient (Wildman–Crippen LogP) is 0.944. The van der Waals surface area contributed by atoms with Crippen molar-refractivity contribution < 1.29 is 9.84 Å². The van der Waals surface area contributed by atoms with Crippen molar-refractivity contribution >= 4 is 0 Å². The normalized spacial score (nSPS) is 22.9. The molecule has 1 aromatic carbocycles. The van der Waals surface area contributed by atoms with Crippen molar-refractivity contribution in [1.82, 2.24) is 4.90 Å². The molecule has 90 valence electrons. The van der Waals surface area contributed by atoms with Crippen LogP contribution in [-0.2, 0) is 4.74 Å². The van der Waals surface area contributed by atoms with Gasteiger partial charge in [-0.2, -0.15) is 5.26 Å². The van der Waals surface area contributed by atoms with Gasteiger partial charge in [0.05, 0.1) is 18.8 Å². The van der Waals surface area contributed by atoms with Crippen molar-refractivity contribution in [2.24, 2.45) is 0 Å². The molecule has 1 aliphatic rings. The van der Waals surface area contributed by atoms with E-state index in [-0.39, 0.29) is 6.10 Å². The molecule has 1 aromatic rings. The van der Waals surface area contributed by atoms with Crippen LogP contribution in [0.5, 0.6) is 0 Å². The molecule has 1 aliphatic heterocycles. The highest BCUT2D eigenvalue weighted by atomic mass is 16.5. The molecule has 0 spiro atoms. The van der Waals surface area contributed by atoms with Gasteiger partial charge in [0, 0.05) is 19.6 Å². The van der Waals surface area contributed by atoms with Crippen molar-refractivity contribution in [3.63, 3.8) is 0 Å². The Hall–Kier alpha value is -1.41. The van der Waals surface area contributed by atoms with Crippen molar-refractivity contribution in [3.8, 4) is 6.07 Å². The molecule has 0 radical (unpaired) electrons. The van der Waals surface area contributed by atoms with E-state index in [9.17, 15) is 5.11 Å². The van der Waals surface area contributed by atoms with Crippen LogP contribution in [-0.4, -0.2) is 42.4 Å². The van der Waals surface area contributed by atoms with E-state index in [1.165, 1.54) is 0 Å². The van der Waals surface area contributed by atoms with E-state index in [1.807, 2.05) is 30.3 Å². The molecular weight excluding hydrogens is 216 g/mol. The average Bonchev–Trinajstić information content (AvgIpc) is 2.40. The van der Waals surface area contributed by atoms with Crippen LogP contribution in [0.15, 0.2) is 30.3 Å². The summed E-state index contributed by atoms with van der Waals surface area (Å²) in [6.45, 7) is 2.44. The van der Waals surface area contributed by atoms with Gasteiger partial charge in [0.1, 0.15) is 0 Å². The molecule has 1 heterocycles. The molecule has 4 nitrogen and oxygen atoms in total. The Bertz CT molecular complexity index is 388. The van der Waals surface area contributed by atoms with Gasteiger partial charge in [-0.05, 0) is 5.56 Å². The number of β-amino-alcohol motifs (C(OH)–C–C–N with tert-alkyl or cyclic N) is 1. The molecule has 0 saturated carbocycles. The first-order chi connectivity index (χ1) is 8.29. The van der Waals surface area contributed by atoms with Crippen LogP contribution in [0.25, 0.3) is 0 Å². The molecule has 4 heteroatoms. The topological polar surface area (TPSA) is 56.5 Å². The van der Waals surface area contributed by atoms with Gasteiger partial charge >= 0.3 is 0 Å². The molecule has 0 amide bonds. The molecule has 1 fully saturated rings. The summed E-state index contributed by atoms with van der Waals surface area (Å²) >= 11 is 0. The quantitative estimate of drug-likeness (QED) is 0.842. The van der Waals surface area contributed by atoms with Crippen molar-refractivity contribution in [1.29, 1.82) is 5.26 Å². The van der Waals surface area contributed by atoms with Gasteiger partial charge in [0.2, 0.25) is 0 Å². The number of aliphatic hydroxyl groups excluding tert-OH is 1. The van der Waals surface area contributed by atoms with Crippen LogP contribution in [0.1, 0.15) is 11.7 Å². The lowest BCUT2D eigenvalue weighted by Crippen LogP contribution is -2.43. The first kappa shape index (κ1) is 12.1. The second-order valence-corrected chi connectivity index (χ2v) is 4.17. The third-order valence-electron chi connectivity index (χ3n) is 2.91. The Kier molecular flexibility index (Phi) is 4.10. The van der Waals surface area contributed by atoms with Crippen LogP contribution in [0.2, 0.25) is 0 Å². The Morgan fingerprint density at radius 1 is 1.47 bits per heavy atom. The summed E-state index contributed by atoms with van der Waals surface area (Å²) in [4.78, 5) is 2.06. The Morgan fingerprint density at radius 2 is 2.24 bits per heavy atom. The monoisotopic (exact) mass is 232 g/mol. The SMILES string of the molecule is N#CC1CN(CC(O)c2ccccc2)CCO1. The summed E-state index contributed by atoms with van der Waals surface area (Å²) in [5.41, 5.74) is 0.910. The Balaban J connectivity index is 1.91. The Labute approximate surface area is 101 Å². The van der Waals surface area contributed by atoms with E-state index in [4.69, 9.17) is 10.00 Å². The number of morpholine rings is 1. The van der Waals surface area contributed by atoms with Crippen molar-refractivity contribution in [2.45, 2.75) is 12.2 Å². The first-order valence-electron chi connectivity index (χ1n) is 5.76. The van der Waals surface area contributed by atoms with Crippen LogP contribution >= 0.6 is 0 Å². The third-order valence-corrected chi connectivity index (χ3v) is 2.91.